The number of benzene rings is 1. The second kappa shape index (κ2) is 6.24. The summed E-state index contributed by atoms with van der Waals surface area (Å²) in [6.45, 7) is 0. The maximum Gasteiger partial charge on any atom is 0.325 e. The zero-order chi connectivity index (χ0) is 13.5. The molecule has 18 heavy (non-hydrogen) atoms. The van der Waals surface area contributed by atoms with Gasteiger partial charge in [-0.15, -0.1) is 11.6 Å². The van der Waals surface area contributed by atoms with E-state index in [1.807, 2.05) is 17.5 Å². The summed E-state index contributed by atoms with van der Waals surface area (Å²) >= 11 is 5.22. The SMILES string of the molecule is N#Cc1ccc(NC(=O)NC(=O)CCl)cc1C#N. The molecule has 0 heterocycles. The van der Waals surface area contributed by atoms with Gasteiger partial charge in [0.2, 0.25) is 5.91 Å². The van der Waals surface area contributed by atoms with Gasteiger partial charge in [0.05, 0.1) is 11.1 Å². The van der Waals surface area contributed by atoms with Gasteiger partial charge in [-0.3, -0.25) is 10.1 Å². The molecule has 1 aromatic rings. The highest BCUT2D eigenvalue weighted by molar-refractivity contribution is 6.28. The Balaban J connectivity index is 2.81. The number of halogens is 1. The maximum atomic E-state index is 11.3. The number of hydrogen-bond donors (Lipinski definition) is 2. The summed E-state index contributed by atoms with van der Waals surface area (Å²) in [6, 6.07) is 7.11. The third-order valence-corrected chi connectivity index (χ3v) is 2.14. The fraction of sp³-hybridized carbons (Fsp3) is 0.0909. The molecule has 0 spiro atoms. The van der Waals surface area contributed by atoms with E-state index in [1.54, 1.807) is 0 Å². The molecule has 0 aromatic heterocycles. The average molecular weight is 263 g/mol. The van der Waals surface area contributed by atoms with E-state index in [2.05, 4.69) is 5.32 Å². The van der Waals surface area contributed by atoms with Crippen LogP contribution in [0.3, 0.4) is 0 Å². The van der Waals surface area contributed by atoms with E-state index in [0.29, 0.717) is 5.69 Å². The molecule has 0 fully saturated rings. The number of alkyl halides is 1. The Bertz CT molecular complexity index is 571. The number of nitrogens with zero attached hydrogens (tertiary/aromatic N) is 2. The Labute approximate surface area is 108 Å². The lowest BCUT2D eigenvalue weighted by molar-refractivity contribution is -0.117. The minimum absolute atomic E-state index is 0.138. The van der Waals surface area contributed by atoms with Crippen molar-refractivity contribution in [3.05, 3.63) is 29.3 Å². The van der Waals surface area contributed by atoms with Gasteiger partial charge >= 0.3 is 6.03 Å². The van der Waals surface area contributed by atoms with Crippen LogP contribution in [0, 0.1) is 22.7 Å². The lowest BCUT2D eigenvalue weighted by Crippen LogP contribution is -2.35. The predicted octanol–water partition coefficient (Wildman–Crippen LogP) is 1.32. The van der Waals surface area contributed by atoms with Gasteiger partial charge in [-0.05, 0) is 18.2 Å². The Morgan fingerprint density at radius 3 is 2.44 bits per heavy atom. The van der Waals surface area contributed by atoms with Crippen molar-refractivity contribution in [2.24, 2.45) is 0 Å². The Kier molecular flexibility index (Phi) is 4.67. The molecule has 3 amide bonds. The molecule has 0 aliphatic carbocycles. The van der Waals surface area contributed by atoms with Gasteiger partial charge in [0.25, 0.3) is 0 Å². The molecule has 0 unspecified atom stereocenters. The number of anilines is 1. The molecule has 0 radical (unpaired) electrons. The molecule has 0 aliphatic rings. The topological polar surface area (TPSA) is 106 Å². The highest BCUT2D eigenvalue weighted by Crippen LogP contribution is 2.14. The van der Waals surface area contributed by atoms with Gasteiger partial charge < -0.3 is 5.32 Å². The molecule has 2 N–H and O–H groups in total. The number of nitrogens with one attached hydrogen (secondary N) is 2. The standard InChI is InChI=1S/C11H7ClN4O2/c12-4-10(17)16-11(18)15-9-2-1-7(5-13)8(3-9)6-14/h1-3H,4H2,(H2,15,16,17,18). The van der Waals surface area contributed by atoms with Crippen LogP contribution in [0.1, 0.15) is 11.1 Å². The quantitative estimate of drug-likeness (QED) is 0.784. The Morgan fingerprint density at radius 1 is 1.22 bits per heavy atom. The molecular weight excluding hydrogens is 256 g/mol. The van der Waals surface area contributed by atoms with E-state index in [0.717, 1.165) is 0 Å². The van der Waals surface area contributed by atoms with Gasteiger partial charge in [-0.1, -0.05) is 0 Å². The van der Waals surface area contributed by atoms with Crippen LogP contribution in [0.5, 0.6) is 0 Å². The van der Waals surface area contributed by atoms with Crippen LogP contribution in [0.2, 0.25) is 0 Å². The van der Waals surface area contributed by atoms with Crippen molar-refractivity contribution in [1.29, 1.82) is 10.5 Å². The summed E-state index contributed by atoms with van der Waals surface area (Å²) in [7, 11) is 0. The van der Waals surface area contributed by atoms with Crippen molar-refractivity contribution in [3.63, 3.8) is 0 Å². The fourth-order valence-electron chi connectivity index (χ4n) is 1.13. The van der Waals surface area contributed by atoms with Gasteiger partial charge in [0.1, 0.15) is 18.0 Å². The second-order valence-corrected chi connectivity index (χ2v) is 3.39. The van der Waals surface area contributed by atoms with Crippen LogP contribution in [-0.2, 0) is 4.79 Å². The van der Waals surface area contributed by atoms with E-state index in [1.165, 1.54) is 18.2 Å². The normalized spacial score (nSPS) is 8.83. The first-order valence-electron chi connectivity index (χ1n) is 4.71. The number of urea groups is 1. The van der Waals surface area contributed by atoms with E-state index in [-0.39, 0.29) is 17.0 Å². The molecule has 7 heteroatoms. The Hall–Kier alpha value is -2.57. The van der Waals surface area contributed by atoms with Crippen molar-refractivity contribution in [2.45, 2.75) is 0 Å². The highest BCUT2D eigenvalue weighted by Gasteiger charge is 2.08. The first-order chi connectivity index (χ1) is 8.60. The zero-order valence-electron chi connectivity index (χ0n) is 9.03. The molecular formula is C11H7ClN4O2. The number of rotatable bonds is 2. The number of amides is 3. The van der Waals surface area contributed by atoms with Crippen LogP contribution in [-0.4, -0.2) is 17.8 Å². The van der Waals surface area contributed by atoms with Gasteiger partial charge in [-0.25, -0.2) is 4.79 Å². The predicted molar refractivity (Wildman–Crippen MR) is 63.8 cm³/mol. The summed E-state index contributed by atoms with van der Waals surface area (Å²) < 4.78 is 0. The number of carbonyl (C=O) groups excluding carboxylic acids is 2. The van der Waals surface area contributed by atoms with Crippen LogP contribution in [0.15, 0.2) is 18.2 Å². The van der Waals surface area contributed by atoms with E-state index in [4.69, 9.17) is 22.1 Å². The molecule has 0 bridgehead atoms. The molecule has 90 valence electrons. The summed E-state index contributed by atoms with van der Waals surface area (Å²) in [4.78, 5) is 22.1. The molecule has 1 aromatic carbocycles. The first-order valence-corrected chi connectivity index (χ1v) is 5.25. The summed E-state index contributed by atoms with van der Waals surface area (Å²) in [6.07, 6.45) is 0. The summed E-state index contributed by atoms with van der Waals surface area (Å²) in [5, 5.41) is 21.8. The number of carbonyl (C=O) groups is 2. The van der Waals surface area contributed by atoms with Gasteiger partial charge in [0, 0.05) is 5.69 Å². The number of nitriles is 2. The number of imide groups is 1. The van der Waals surface area contributed by atoms with Crippen molar-refractivity contribution in [3.8, 4) is 12.1 Å². The second-order valence-electron chi connectivity index (χ2n) is 3.12. The zero-order valence-corrected chi connectivity index (χ0v) is 9.78. The van der Waals surface area contributed by atoms with Crippen LogP contribution < -0.4 is 10.6 Å². The maximum absolute atomic E-state index is 11.3. The van der Waals surface area contributed by atoms with Crippen LogP contribution in [0.4, 0.5) is 10.5 Å². The average Bonchev–Trinajstić information content (AvgIpc) is 2.38. The fourth-order valence-corrected chi connectivity index (χ4v) is 1.20. The smallest absolute Gasteiger partial charge is 0.308 e. The van der Waals surface area contributed by atoms with Gasteiger partial charge in [0.15, 0.2) is 0 Å². The molecule has 0 saturated carbocycles. The number of hydrogen-bond acceptors (Lipinski definition) is 4. The van der Waals surface area contributed by atoms with Crippen LogP contribution in [0.25, 0.3) is 0 Å². The molecule has 6 nitrogen and oxygen atoms in total. The van der Waals surface area contributed by atoms with Crippen molar-refractivity contribution < 1.29 is 9.59 Å². The van der Waals surface area contributed by atoms with E-state index in [9.17, 15) is 9.59 Å². The highest BCUT2D eigenvalue weighted by atomic mass is 35.5. The van der Waals surface area contributed by atoms with Gasteiger partial charge in [-0.2, -0.15) is 10.5 Å². The summed E-state index contributed by atoms with van der Waals surface area (Å²) in [5.41, 5.74) is 0.643. The minimum Gasteiger partial charge on any atom is -0.308 e. The molecule has 1 rings (SSSR count). The summed E-state index contributed by atoms with van der Waals surface area (Å²) in [5.74, 6) is -0.965. The monoisotopic (exact) mass is 262 g/mol. The van der Waals surface area contributed by atoms with Crippen molar-refractivity contribution in [1.82, 2.24) is 5.32 Å². The Morgan fingerprint density at radius 2 is 1.89 bits per heavy atom. The molecule has 0 saturated heterocycles. The first kappa shape index (κ1) is 13.5. The van der Waals surface area contributed by atoms with E-state index < -0.39 is 11.9 Å². The molecule has 0 atom stereocenters. The lowest BCUT2D eigenvalue weighted by Gasteiger charge is -2.06. The largest absolute Gasteiger partial charge is 0.325 e. The minimum atomic E-state index is -0.755. The molecule has 0 aliphatic heterocycles. The van der Waals surface area contributed by atoms with Crippen LogP contribution >= 0.6 is 11.6 Å². The van der Waals surface area contributed by atoms with E-state index >= 15 is 0 Å². The lowest BCUT2D eigenvalue weighted by atomic mass is 10.1. The third kappa shape index (κ3) is 3.48. The third-order valence-electron chi connectivity index (χ3n) is 1.89. The van der Waals surface area contributed by atoms with Crippen molar-refractivity contribution in [2.75, 3.05) is 11.2 Å². The van der Waals surface area contributed by atoms with Crippen molar-refractivity contribution >= 4 is 29.2 Å².